The molecule has 1 unspecified atom stereocenters. The summed E-state index contributed by atoms with van der Waals surface area (Å²) in [7, 11) is 0. The van der Waals surface area contributed by atoms with E-state index in [1.807, 2.05) is 43.3 Å². The standard InChI is InChI=1S/C20H21NO4/c1-14-6-8-15(9-7-14)17(22)10-11-20(23)21-12-16-13-24-18-4-2-3-5-19(18)25-16/h2-9,16H,10-13H2,1H3,(H,21,23). The molecule has 1 heterocycles. The van der Waals surface area contributed by atoms with E-state index < -0.39 is 0 Å². The Kier molecular flexibility index (Phi) is 5.33. The molecule has 0 aromatic heterocycles. The molecule has 0 saturated carbocycles. The van der Waals surface area contributed by atoms with Crippen molar-refractivity contribution in [2.24, 2.45) is 0 Å². The van der Waals surface area contributed by atoms with Crippen LogP contribution in [0, 0.1) is 6.92 Å². The third-order valence-electron chi connectivity index (χ3n) is 4.05. The van der Waals surface area contributed by atoms with Crippen molar-refractivity contribution in [2.75, 3.05) is 13.2 Å². The summed E-state index contributed by atoms with van der Waals surface area (Å²) >= 11 is 0. The molecule has 0 aliphatic carbocycles. The number of Topliss-reactive ketones (excluding diaryl/α,β-unsaturated/α-hetero) is 1. The molecule has 2 aromatic carbocycles. The van der Waals surface area contributed by atoms with Gasteiger partial charge in [0.2, 0.25) is 5.91 Å². The van der Waals surface area contributed by atoms with Crippen molar-refractivity contribution in [1.82, 2.24) is 5.32 Å². The second-order valence-corrected chi connectivity index (χ2v) is 6.09. The topological polar surface area (TPSA) is 64.6 Å². The van der Waals surface area contributed by atoms with Crippen LogP contribution in [0.3, 0.4) is 0 Å². The zero-order chi connectivity index (χ0) is 17.6. The van der Waals surface area contributed by atoms with Crippen LogP contribution in [0.1, 0.15) is 28.8 Å². The lowest BCUT2D eigenvalue weighted by Gasteiger charge is -2.26. The van der Waals surface area contributed by atoms with Crippen LogP contribution in [0.2, 0.25) is 0 Å². The molecule has 130 valence electrons. The van der Waals surface area contributed by atoms with E-state index >= 15 is 0 Å². The predicted octanol–water partition coefficient (Wildman–Crippen LogP) is 2.91. The van der Waals surface area contributed by atoms with Crippen LogP contribution in [0.25, 0.3) is 0 Å². The minimum absolute atomic E-state index is 0.0265. The van der Waals surface area contributed by atoms with Gasteiger partial charge in [0.25, 0.3) is 0 Å². The number of nitrogens with one attached hydrogen (secondary N) is 1. The zero-order valence-corrected chi connectivity index (χ0v) is 14.2. The van der Waals surface area contributed by atoms with Gasteiger partial charge in [0.15, 0.2) is 17.3 Å². The number of carbonyl (C=O) groups excluding carboxylic acids is 2. The van der Waals surface area contributed by atoms with Crippen LogP contribution in [0.4, 0.5) is 0 Å². The van der Waals surface area contributed by atoms with Gasteiger partial charge in [-0.3, -0.25) is 9.59 Å². The molecule has 0 saturated heterocycles. The maximum absolute atomic E-state index is 12.1. The van der Waals surface area contributed by atoms with E-state index in [0.717, 1.165) is 5.56 Å². The average molecular weight is 339 g/mol. The Morgan fingerprint density at radius 1 is 1.04 bits per heavy atom. The first-order valence-corrected chi connectivity index (χ1v) is 8.37. The van der Waals surface area contributed by atoms with Gasteiger partial charge in [0.05, 0.1) is 6.54 Å². The molecule has 0 radical (unpaired) electrons. The summed E-state index contributed by atoms with van der Waals surface area (Å²) in [5.74, 6) is 1.21. The van der Waals surface area contributed by atoms with Gasteiger partial charge in [-0.1, -0.05) is 42.0 Å². The van der Waals surface area contributed by atoms with E-state index in [1.165, 1.54) is 0 Å². The summed E-state index contributed by atoms with van der Waals surface area (Å²) in [6, 6.07) is 14.8. The van der Waals surface area contributed by atoms with Crippen LogP contribution >= 0.6 is 0 Å². The van der Waals surface area contributed by atoms with Crippen LogP contribution < -0.4 is 14.8 Å². The number of ketones is 1. The highest BCUT2D eigenvalue weighted by molar-refractivity contribution is 5.97. The Hall–Kier alpha value is -2.82. The largest absolute Gasteiger partial charge is 0.486 e. The molecule has 5 nitrogen and oxygen atoms in total. The molecule has 25 heavy (non-hydrogen) atoms. The molecular weight excluding hydrogens is 318 g/mol. The van der Waals surface area contributed by atoms with E-state index in [9.17, 15) is 9.59 Å². The van der Waals surface area contributed by atoms with Gasteiger partial charge in [-0.25, -0.2) is 0 Å². The lowest BCUT2D eigenvalue weighted by molar-refractivity contribution is -0.121. The number of ether oxygens (including phenoxy) is 2. The summed E-state index contributed by atoms with van der Waals surface area (Å²) in [5, 5.41) is 2.80. The Labute approximate surface area is 147 Å². The van der Waals surface area contributed by atoms with Crippen LogP contribution in [0.5, 0.6) is 11.5 Å². The summed E-state index contributed by atoms with van der Waals surface area (Å²) in [4.78, 5) is 24.0. The van der Waals surface area contributed by atoms with E-state index in [-0.39, 0.29) is 30.6 Å². The van der Waals surface area contributed by atoms with Crippen LogP contribution in [0.15, 0.2) is 48.5 Å². The monoisotopic (exact) mass is 339 g/mol. The smallest absolute Gasteiger partial charge is 0.220 e. The fraction of sp³-hybridized carbons (Fsp3) is 0.300. The second kappa shape index (κ2) is 7.83. The number of aryl methyl sites for hydroxylation is 1. The number of benzene rings is 2. The number of carbonyl (C=O) groups is 2. The first kappa shape index (κ1) is 17.0. The van der Waals surface area contributed by atoms with Crippen LogP contribution in [-0.4, -0.2) is 30.9 Å². The van der Waals surface area contributed by atoms with Crippen molar-refractivity contribution >= 4 is 11.7 Å². The molecular formula is C20H21NO4. The molecule has 1 N–H and O–H groups in total. The Balaban J connectivity index is 1.41. The number of amides is 1. The van der Waals surface area contributed by atoms with Crippen molar-refractivity contribution < 1.29 is 19.1 Å². The number of rotatable bonds is 6. The first-order chi connectivity index (χ1) is 12.1. The highest BCUT2D eigenvalue weighted by Gasteiger charge is 2.21. The van der Waals surface area contributed by atoms with Gasteiger partial charge in [-0.2, -0.15) is 0 Å². The molecule has 1 amide bonds. The molecule has 1 aliphatic rings. The van der Waals surface area contributed by atoms with Gasteiger partial charge in [-0.15, -0.1) is 0 Å². The minimum atomic E-state index is -0.230. The summed E-state index contributed by atoms with van der Waals surface area (Å²) < 4.78 is 11.4. The highest BCUT2D eigenvalue weighted by atomic mass is 16.6. The lowest BCUT2D eigenvalue weighted by Crippen LogP contribution is -2.40. The molecule has 0 spiro atoms. The SMILES string of the molecule is Cc1ccc(C(=O)CCC(=O)NCC2COc3ccccc3O2)cc1. The molecule has 5 heteroatoms. The average Bonchev–Trinajstić information content (AvgIpc) is 2.65. The molecule has 2 aromatic rings. The summed E-state index contributed by atoms with van der Waals surface area (Å²) in [6.07, 6.45) is 0.128. The predicted molar refractivity (Wildman–Crippen MR) is 94.1 cm³/mol. The normalized spacial score (nSPS) is 15.5. The van der Waals surface area contributed by atoms with Crippen molar-refractivity contribution in [3.05, 3.63) is 59.7 Å². The van der Waals surface area contributed by atoms with Gasteiger partial charge in [-0.05, 0) is 19.1 Å². The molecule has 3 rings (SSSR count). The van der Waals surface area contributed by atoms with Gasteiger partial charge < -0.3 is 14.8 Å². The Bertz CT molecular complexity index is 755. The van der Waals surface area contributed by atoms with Gasteiger partial charge in [0.1, 0.15) is 12.7 Å². The fourth-order valence-electron chi connectivity index (χ4n) is 2.59. The summed E-state index contributed by atoms with van der Waals surface area (Å²) in [6.45, 7) is 2.71. The molecule has 0 fully saturated rings. The quantitative estimate of drug-likeness (QED) is 0.822. The summed E-state index contributed by atoms with van der Waals surface area (Å²) in [5.41, 5.74) is 1.74. The maximum Gasteiger partial charge on any atom is 0.220 e. The van der Waals surface area contributed by atoms with Gasteiger partial charge in [0, 0.05) is 18.4 Å². The third-order valence-corrected chi connectivity index (χ3v) is 4.05. The lowest BCUT2D eigenvalue weighted by atomic mass is 10.0. The number of para-hydroxylation sites is 2. The van der Waals surface area contributed by atoms with Crippen molar-refractivity contribution in [3.8, 4) is 11.5 Å². The zero-order valence-electron chi connectivity index (χ0n) is 14.2. The maximum atomic E-state index is 12.1. The van der Waals surface area contributed by atoms with E-state index in [4.69, 9.17) is 9.47 Å². The van der Waals surface area contributed by atoms with E-state index in [1.54, 1.807) is 12.1 Å². The Morgan fingerprint density at radius 3 is 2.52 bits per heavy atom. The van der Waals surface area contributed by atoms with Crippen molar-refractivity contribution in [2.45, 2.75) is 25.9 Å². The van der Waals surface area contributed by atoms with Crippen LogP contribution in [-0.2, 0) is 4.79 Å². The Morgan fingerprint density at radius 2 is 1.76 bits per heavy atom. The number of hydrogen-bond acceptors (Lipinski definition) is 4. The third kappa shape index (κ3) is 4.59. The molecule has 0 bridgehead atoms. The first-order valence-electron chi connectivity index (χ1n) is 8.37. The van der Waals surface area contributed by atoms with E-state index in [2.05, 4.69) is 5.32 Å². The van der Waals surface area contributed by atoms with Crippen molar-refractivity contribution in [1.29, 1.82) is 0 Å². The van der Waals surface area contributed by atoms with Crippen molar-refractivity contribution in [3.63, 3.8) is 0 Å². The fourth-order valence-corrected chi connectivity index (χ4v) is 2.59. The molecule has 1 aliphatic heterocycles. The number of hydrogen-bond donors (Lipinski definition) is 1. The molecule has 1 atom stereocenters. The highest BCUT2D eigenvalue weighted by Crippen LogP contribution is 2.30. The minimum Gasteiger partial charge on any atom is -0.486 e. The van der Waals surface area contributed by atoms with E-state index in [0.29, 0.717) is 30.2 Å². The second-order valence-electron chi connectivity index (χ2n) is 6.09. The van der Waals surface area contributed by atoms with Gasteiger partial charge >= 0.3 is 0 Å². The number of fused-ring (bicyclic) bond motifs is 1.